The molecule has 0 bridgehead atoms. The van der Waals surface area contributed by atoms with Crippen LogP contribution in [0.5, 0.6) is 5.75 Å². The molecule has 2 aromatic carbocycles. The summed E-state index contributed by atoms with van der Waals surface area (Å²) < 4.78 is 6.23. The average Bonchev–Trinajstić information content (AvgIpc) is 2.69. The van der Waals surface area contributed by atoms with E-state index in [0.717, 1.165) is 21.4 Å². The summed E-state index contributed by atoms with van der Waals surface area (Å²) in [6.07, 6.45) is 1.50. The Bertz CT molecular complexity index is 1060. The number of methoxy groups -OCH3 is 1. The molecule has 0 atom stereocenters. The lowest BCUT2D eigenvalue weighted by molar-refractivity contribution is 0.0860. The number of rotatable bonds is 6. The van der Waals surface area contributed by atoms with E-state index in [0.29, 0.717) is 11.4 Å². The van der Waals surface area contributed by atoms with Gasteiger partial charge in [-0.3, -0.25) is 9.59 Å². The van der Waals surface area contributed by atoms with E-state index in [4.69, 9.17) is 9.57 Å². The van der Waals surface area contributed by atoms with Gasteiger partial charge in [-0.15, -0.1) is 0 Å². The highest BCUT2D eigenvalue weighted by atomic mass is 16.7. The van der Waals surface area contributed by atoms with E-state index < -0.39 is 11.5 Å². The lowest BCUT2D eigenvalue weighted by Crippen LogP contribution is -2.32. The highest BCUT2D eigenvalue weighted by Crippen LogP contribution is 2.17. The molecule has 0 saturated carbocycles. The van der Waals surface area contributed by atoms with Crippen LogP contribution in [-0.4, -0.2) is 17.7 Å². The molecule has 1 heterocycles. The maximum atomic E-state index is 12.6. The largest absolute Gasteiger partial charge is 0.497 e. The lowest BCUT2D eigenvalue weighted by Gasteiger charge is -2.12. The van der Waals surface area contributed by atoms with E-state index in [2.05, 4.69) is 5.32 Å². The molecule has 144 valence electrons. The number of nitrogens with one attached hydrogen (secondary N) is 1. The minimum Gasteiger partial charge on any atom is -0.497 e. The summed E-state index contributed by atoms with van der Waals surface area (Å²) in [7, 11) is 1.55. The standard InChI is InChI=1S/C22H22N2O4/c1-15-9-10-16(2)17(12-15)14-28-24-11-5-8-20(22(24)26)21(25)23-18-6-4-7-19(13-18)27-3/h4-13H,14H2,1-3H3,(H,23,25). The van der Waals surface area contributed by atoms with Gasteiger partial charge in [0.05, 0.1) is 7.11 Å². The summed E-state index contributed by atoms with van der Waals surface area (Å²) in [4.78, 5) is 30.8. The maximum absolute atomic E-state index is 12.6. The van der Waals surface area contributed by atoms with Gasteiger partial charge in [-0.05, 0) is 49.2 Å². The molecule has 0 aliphatic rings. The number of pyridine rings is 1. The van der Waals surface area contributed by atoms with Gasteiger partial charge >= 0.3 is 0 Å². The maximum Gasteiger partial charge on any atom is 0.295 e. The molecule has 0 radical (unpaired) electrons. The number of amides is 1. The number of carbonyl (C=O) groups is 1. The molecule has 0 aliphatic heterocycles. The second kappa shape index (κ2) is 8.43. The molecular formula is C22H22N2O4. The van der Waals surface area contributed by atoms with Crippen LogP contribution < -0.4 is 20.5 Å². The number of anilines is 1. The van der Waals surface area contributed by atoms with Gasteiger partial charge in [-0.25, -0.2) is 0 Å². The van der Waals surface area contributed by atoms with Gasteiger partial charge in [0.2, 0.25) is 0 Å². The van der Waals surface area contributed by atoms with Crippen molar-refractivity contribution < 1.29 is 14.4 Å². The smallest absolute Gasteiger partial charge is 0.295 e. The number of carbonyl (C=O) groups excluding carboxylic acids is 1. The van der Waals surface area contributed by atoms with Gasteiger partial charge in [0.25, 0.3) is 11.5 Å². The summed E-state index contributed by atoms with van der Waals surface area (Å²) >= 11 is 0. The quantitative estimate of drug-likeness (QED) is 0.714. The molecule has 6 nitrogen and oxygen atoms in total. The molecule has 0 saturated heterocycles. The zero-order valence-corrected chi connectivity index (χ0v) is 16.1. The Morgan fingerprint density at radius 1 is 1.07 bits per heavy atom. The van der Waals surface area contributed by atoms with E-state index in [1.165, 1.54) is 12.3 Å². The molecule has 28 heavy (non-hydrogen) atoms. The zero-order valence-electron chi connectivity index (χ0n) is 16.1. The first-order valence-electron chi connectivity index (χ1n) is 8.84. The Morgan fingerprint density at radius 2 is 1.89 bits per heavy atom. The normalized spacial score (nSPS) is 10.4. The third-order valence-corrected chi connectivity index (χ3v) is 4.35. The molecule has 1 N–H and O–H groups in total. The minimum absolute atomic E-state index is 0.00807. The molecule has 1 amide bonds. The average molecular weight is 378 g/mol. The van der Waals surface area contributed by atoms with Crippen LogP contribution in [0, 0.1) is 13.8 Å². The van der Waals surface area contributed by atoms with Crippen LogP contribution in [0.4, 0.5) is 5.69 Å². The van der Waals surface area contributed by atoms with E-state index in [-0.39, 0.29) is 12.2 Å². The summed E-state index contributed by atoms with van der Waals surface area (Å²) in [6.45, 7) is 4.21. The Labute approximate surface area is 163 Å². The first-order chi connectivity index (χ1) is 13.5. The summed E-state index contributed by atoms with van der Waals surface area (Å²) in [6, 6.07) is 16.0. The number of ether oxygens (including phenoxy) is 1. The monoisotopic (exact) mass is 378 g/mol. The molecule has 0 unspecified atom stereocenters. The third-order valence-electron chi connectivity index (χ3n) is 4.35. The van der Waals surface area contributed by atoms with Crippen molar-refractivity contribution in [2.24, 2.45) is 0 Å². The number of nitrogens with zero attached hydrogens (tertiary/aromatic N) is 1. The van der Waals surface area contributed by atoms with Crippen molar-refractivity contribution in [1.29, 1.82) is 0 Å². The molecular weight excluding hydrogens is 356 g/mol. The summed E-state index contributed by atoms with van der Waals surface area (Å²) in [5.41, 5.74) is 3.18. The van der Waals surface area contributed by atoms with Gasteiger partial charge in [0, 0.05) is 18.0 Å². The second-order valence-corrected chi connectivity index (χ2v) is 6.44. The molecule has 0 fully saturated rings. The van der Waals surface area contributed by atoms with Crippen LogP contribution in [0.1, 0.15) is 27.0 Å². The van der Waals surface area contributed by atoms with Crippen LogP contribution in [0.3, 0.4) is 0 Å². The number of aromatic nitrogens is 1. The van der Waals surface area contributed by atoms with Crippen molar-refractivity contribution in [2.45, 2.75) is 20.5 Å². The fourth-order valence-corrected chi connectivity index (χ4v) is 2.74. The van der Waals surface area contributed by atoms with Crippen molar-refractivity contribution in [3.63, 3.8) is 0 Å². The SMILES string of the molecule is COc1cccc(NC(=O)c2cccn(OCc3cc(C)ccc3C)c2=O)c1. The molecule has 6 heteroatoms. The second-order valence-electron chi connectivity index (χ2n) is 6.44. The molecule has 0 spiro atoms. The predicted octanol–water partition coefficient (Wildman–Crippen LogP) is 3.35. The first-order valence-corrected chi connectivity index (χ1v) is 8.84. The van der Waals surface area contributed by atoms with Crippen LogP contribution in [0.25, 0.3) is 0 Å². The number of hydrogen-bond acceptors (Lipinski definition) is 4. The van der Waals surface area contributed by atoms with Crippen molar-refractivity contribution >= 4 is 11.6 Å². The summed E-state index contributed by atoms with van der Waals surface area (Å²) in [5, 5.41) is 2.70. The fraction of sp³-hybridized carbons (Fsp3) is 0.182. The van der Waals surface area contributed by atoms with E-state index in [9.17, 15) is 9.59 Å². The number of hydrogen-bond donors (Lipinski definition) is 1. The Hall–Kier alpha value is -3.54. The predicted molar refractivity (Wildman–Crippen MR) is 108 cm³/mol. The van der Waals surface area contributed by atoms with E-state index >= 15 is 0 Å². The van der Waals surface area contributed by atoms with Crippen molar-refractivity contribution in [3.05, 3.63) is 93.4 Å². The number of benzene rings is 2. The highest BCUT2D eigenvalue weighted by Gasteiger charge is 2.13. The Kier molecular flexibility index (Phi) is 5.79. The Morgan fingerprint density at radius 3 is 2.68 bits per heavy atom. The van der Waals surface area contributed by atoms with Crippen LogP contribution in [-0.2, 0) is 6.61 Å². The topological polar surface area (TPSA) is 69.6 Å². The number of aryl methyl sites for hydroxylation is 2. The van der Waals surface area contributed by atoms with Crippen molar-refractivity contribution in [2.75, 3.05) is 12.4 Å². The van der Waals surface area contributed by atoms with E-state index in [1.54, 1.807) is 37.4 Å². The van der Waals surface area contributed by atoms with E-state index in [1.807, 2.05) is 32.0 Å². The van der Waals surface area contributed by atoms with Crippen molar-refractivity contribution in [1.82, 2.24) is 4.73 Å². The van der Waals surface area contributed by atoms with Crippen molar-refractivity contribution in [3.8, 4) is 5.75 Å². The van der Waals surface area contributed by atoms with Gasteiger partial charge in [-0.2, -0.15) is 4.73 Å². The van der Waals surface area contributed by atoms with Crippen LogP contribution >= 0.6 is 0 Å². The lowest BCUT2D eigenvalue weighted by atomic mass is 10.1. The third kappa shape index (κ3) is 4.40. The van der Waals surface area contributed by atoms with Gasteiger partial charge in [0.15, 0.2) is 0 Å². The van der Waals surface area contributed by atoms with Gasteiger partial charge in [0.1, 0.15) is 17.9 Å². The molecule has 1 aromatic heterocycles. The first kappa shape index (κ1) is 19.2. The minimum atomic E-state index is -0.520. The van der Waals surface area contributed by atoms with Gasteiger partial charge < -0.3 is 14.9 Å². The summed E-state index contributed by atoms with van der Waals surface area (Å²) in [5.74, 6) is 0.100. The fourth-order valence-electron chi connectivity index (χ4n) is 2.74. The zero-order chi connectivity index (χ0) is 20.1. The van der Waals surface area contributed by atoms with Crippen LogP contribution in [0.15, 0.2) is 65.6 Å². The van der Waals surface area contributed by atoms with Gasteiger partial charge in [-0.1, -0.05) is 29.8 Å². The molecule has 3 aromatic rings. The Balaban J connectivity index is 1.77. The molecule has 0 aliphatic carbocycles. The molecule has 3 rings (SSSR count). The highest BCUT2D eigenvalue weighted by molar-refractivity contribution is 6.04. The van der Waals surface area contributed by atoms with Crippen LogP contribution in [0.2, 0.25) is 0 Å².